The maximum absolute atomic E-state index is 12.9. The van der Waals surface area contributed by atoms with Crippen LogP contribution in [0.15, 0.2) is 64.5 Å². The second-order valence-electron chi connectivity index (χ2n) is 7.82. The number of aromatic nitrogens is 4. The van der Waals surface area contributed by atoms with E-state index in [-0.39, 0.29) is 21.7 Å². The van der Waals surface area contributed by atoms with Crippen molar-refractivity contribution in [2.24, 2.45) is 0 Å². The summed E-state index contributed by atoms with van der Waals surface area (Å²) in [7, 11) is -3.93. The van der Waals surface area contributed by atoms with Crippen molar-refractivity contribution >= 4 is 54.3 Å². The zero-order valence-corrected chi connectivity index (χ0v) is 21.3. The number of halogens is 2. The number of nitrogens with zero attached hydrogens (tertiary/aromatic N) is 4. The van der Waals surface area contributed by atoms with E-state index in [1.807, 2.05) is 6.07 Å². The molecule has 12 heteroatoms. The highest BCUT2D eigenvalue weighted by atomic mass is 79.9. The molecular weight excluding hydrogens is 558 g/mol. The normalized spacial score (nSPS) is 14.7. The van der Waals surface area contributed by atoms with Crippen molar-refractivity contribution in [1.29, 1.82) is 0 Å². The second-order valence-corrected chi connectivity index (χ2v) is 10.8. The van der Waals surface area contributed by atoms with E-state index in [0.717, 1.165) is 12.8 Å². The molecular formula is C23H19BrClN5O4S. The van der Waals surface area contributed by atoms with Gasteiger partial charge in [-0.1, -0.05) is 27.5 Å². The summed E-state index contributed by atoms with van der Waals surface area (Å²) < 4.78 is 40.5. The first-order valence-corrected chi connectivity index (χ1v) is 13.3. The first-order valence-electron chi connectivity index (χ1n) is 10.7. The van der Waals surface area contributed by atoms with E-state index in [1.54, 1.807) is 24.4 Å². The topological polar surface area (TPSA) is 116 Å². The number of nitrogens with one attached hydrogen (secondary N) is 1. The summed E-state index contributed by atoms with van der Waals surface area (Å²) in [5, 5.41) is 0.101. The molecule has 0 saturated carbocycles. The fourth-order valence-electron chi connectivity index (χ4n) is 3.66. The SMILES string of the molecule is O=S(=O)(Nc1cncc(-c2ccc3ncnc(OC4CCOCC4)c3n2)c1)c1ccc(Br)cc1Cl. The summed E-state index contributed by atoms with van der Waals surface area (Å²) in [5.41, 5.74) is 2.60. The van der Waals surface area contributed by atoms with E-state index in [2.05, 4.69) is 35.6 Å². The van der Waals surface area contributed by atoms with Gasteiger partial charge in [-0.15, -0.1) is 0 Å². The number of hydrogen-bond acceptors (Lipinski definition) is 8. The van der Waals surface area contributed by atoms with Gasteiger partial charge in [0, 0.05) is 29.1 Å². The molecule has 5 rings (SSSR count). The summed E-state index contributed by atoms with van der Waals surface area (Å²) >= 11 is 9.42. The first kappa shape index (κ1) is 23.9. The van der Waals surface area contributed by atoms with Crippen molar-refractivity contribution in [3.8, 4) is 17.1 Å². The molecule has 180 valence electrons. The van der Waals surface area contributed by atoms with Crippen molar-refractivity contribution in [2.75, 3.05) is 17.9 Å². The largest absolute Gasteiger partial charge is 0.473 e. The molecule has 35 heavy (non-hydrogen) atoms. The average Bonchev–Trinajstić information content (AvgIpc) is 2.84. The van der Waals surface area contributed by atoms with E-state index in [0.29, 0.717) is 45.9 Å². The Morgan fingerprint density at radius 3 is 2.71 bits per heavy atom. The highest BCUT2D eigenvalue weighted by Crippen LogP contribution is 2.29. The highest BCUT2D eigenvalue weighted by Gasteiger charge is 2.20. The molecule has 1 aliphatic rings. The Balaban J connectivity index is 1.45. The van der Waals surface area contributed by atoms with E-state index < -0.39 is 10.0 Å². The zero-order chi connectivity index (χ0) is 24.4. The van der Waals surface area contributed by atoms with Crippen LogP contribution in [0.1, 0.15) is 12.8 Å². The number of pyridine rings is 2. The van der Waals surface area contributed by atoms with Crippen LogP contribution in [0.2, 0.25) is 5.02 Å². The molecule has 3 aromatic heterocycles. The fraction of sp³-hybridized carbons (Fsp3) is 0.217. The molecule has 0 amide bonds. The molecule has 1 aliphatic heterocycles. The first-order chi connectivity index (χ1) is 16.9. The molecule has 9 nitrogen and oxygen atoms in total. The van der Waals surface area contributed by atoms with Gasteiger partial charge in [0.15, 0.2) is 5.52 Å². The number of ether oxygens (including phenoxy) is 2. The lowest BCUT2D eigenvalue weighted by Gasteiger charge is -2.22. The molecule has 0 spiro atoms. The summed E-state index contributed by atoms with van der Waals surface area (Å²) in [6.07, 6.45) is 6.01. The standard InChI is InChI=1S/C23H19BrClN5O4S/c24-15-1-4-21(18(25)10-15)35(31,32)30-16-9-14(11-26-12-16)19-2-3-20-22(29-19)23(28-13-27-20)34-17-5-7-33-8-6-17/h1-4,9-13,17,30H,5-8H2. The Bertz CT molecular complexity index is 1500. The Hall–Kier alpha value is -2.86. The summed E-state index contributed by atoms with van der Waals surface area (Å²) in [4.78, 5) is 17.4. The number of rotatable bonds is 6. The van der Waals surface area contributed by atoms with Gasteiger partial charge in [-0.2, -0.15) is 4.98 Å². The van der Waals surface area contributed by atoms with Crippen molar-refractivity contribution < 1.29 is 17.9 Å². The molecule has 0 radical (unpaired) electrons. The number of fused-ring (bicyclic) bond motifs is 1. The van der Waals surface area contributed by atoms with Gasteiger partial charge in [0.2, 0.25) is 5.88 Å². The predicted molar refractivity (Wildman–Crippen MR) is 135 cm³/mol. The van der Waals surface area contributed by atoms with Crippen molar-refractivity contribution in [3.63, 3.8) is 0 Å². The number of benzene rings is 1. The summed E-state index contributed by atoms with van der Waals surface area (Å²) in [5.74, 6) is 0.401. The molecule has 0 atom stereocenters. The van der Waals surface area contributed by atoms with Gasteiger partial charge in [-0.3, -0.25) is 9.71 Å². The van der Waals surface area contributed by atoms with Gasteiger partial charge >= 0.3 is 0 Å². The Kier molecular flexibility index (Phi) is 6.83. The summed E-state index contributed by atoms with van der Waals surface area (Å²) in [6, 6.07) is 9.80. The minimum absolute atomic E-state index is 0.00265. The maximum Gasteiger partial charge on any atom is 0.263 e. The lowest BCUT2D eigenvalue weighted by Crippen LogP contribution is -2.26. The van der Waals surface area contributed by atoms with E-state index in [1.165, 1.54) is 24.7 Å². The second kappa shape index (κ2) is 10.0. The van der Waals surface area contributed by atoms with E-state index in [4.69, 9.17) is 26.1 Å². The predicted octanol–water partition coefficient (Wildman–Crippen LogP) is 4.86. The molecule has 4 aromatic rings. The Morgan fingerprint density at radius 2 is 1.91 bits per heavy atom. The third-order valence-corrected chi connectivity index (χ3v) is 7.72. The molecule has 1 fully saturated rings. The van der Waals surface area contributed by atoms with Gasteiger partial charge in [0.05, 0.1) is 41.3 Å². The van der Waals surface area contributed by atoms with Crippen LogP contribution in [0.3, 0.4) is 0 Å². The number of anilines is 1. The van der Waals surface area contributed by atoms with E-state index in [9.17, 15) is 8.42 Å². The van der Waals surface area contributed by atoms with Gasteiger partial charge in [-0.25, -0.2) is 18.4 Å². The highest BCUT2D eigenvalue weighted by molar-refractivity contribution is 9.10. The third-order valence-electron chi connectivity index (χ3n) is 5.36. The smallest absolute Gasteiger partial charge is 0.263 e. The number of sulfonamides is 1. The van der Waals surface area contributed by atoms with Crippen LogP contribution < -0.4 is 9.46 Å². The fourth-order valence-corrected chi connectivity index (χ4v) is 5.73. The Morgan fingerprint density at radius 1 is 1.09 bits per heavy atom. The zero-order valence-electron chi connectivity index (χ0n) is 18.2. The van der Waals surface area contributed by atoms with Gasteiger partial charge in [0.1, 0.15) is 17.3 Å². The van der Waals surface area contributed by atoms with Crippen LogP contribution in [0.25, 0.3) is 22.3 Å². The van der Waals surface area contributed by atoms with E-state index >= 15 is 0 Å². The third kappa shape index (κ3) is 5.37. The molecule has 0 bridgehead atoms. The van der Waals surface area contributed by atoms with Crippen LogP contribution >= 0.6 is 27.5 Å². The average molecular weight is 577 g/mol. The minimum Gasteiger partial charge on any atom is -0.473 e. The monoisotopic (exact) mass is 575 g/mol. The molecule has 0 unspecified atom stereocenters. The molecule has 0 aliphatic carbocycles. The quantitative estimate of drug-likeness (QED) is 0.346. The number of hydrogen-bond donors (Lipinski definition) is 1. The maximum atomic E-state index is 12.9. The van der Waals surface area contributed by atoms with Crippen LogP contribution in [0, 0.1) is 0 Å². The van der Waals surface area contributed by atoms with Crippen molar-refractivity contribution in [1.82, 2.24) is 19.9 Å². The van der Waals surface area contributed by atoms with Crippen molar-refractivity contribution in [3.05, 3.63) is 64.6 Å². The lowest BCUT2D eigenvalue weighted by atomic mass is 10.1. The van der Waals surface area contributed by atoms with Crippen LogP contribution in [-0.4, -0.2) is 47.7 Å². The Labute approximate surface area is 215 Å². The summed E-state index contributed by atoms with van der Waals surface area (Å²) in [6.45, 7) is 1.29. The molecule has 1 aromatic carbocycles. The van der Waals surface area contributed by atoms with Crippen LogP contribution in [-0.2, 0) is 14.8 Å². The van der Waals surface area contributed by atoms with Crippen molar-refractivity contribution in [2.45, 2.75) is 23.8 Å². The lowest BCUT2D eigenvalue weighted by molar-refractivity contribution is 0.0243. The van der Waals surface area contributed by atoms with Crippen LogP contribution in [0.5, 0.6) is 5.88 Å². The molecule has 4 heterocycles. The minimum atomic E-state index is -3.93. The van der Waals surface area contributed by atoms with Gasteiger partial charge < -0.3 is 9.47 Å². The van der Waals surface area contributed by atoms with Gasteiger partial charge in [-0.05, 0) is 36.4 Å². The molecule has 1 N–H and O–H groups in total. The van der Waals surface area contributed by atoms with Gasteiger partial charge in [0.25, 0.3) is 10.0 Å². The molecule has 1 saturated heterocycles. The van der Waals surface area contributed by atoms with Crippen LogP contribution in [0.4, 0.5) is 5.69 Å².